The van der Waals surface area contributed by atoms with Gasteiger partial charge in [-0.05, 0) is 23.1 Å². The Balaban J connectivity index is 1.64. The molecule has 2 amide bonds. The number of amides is 2. The van der Waals surface area contributed by atoms with Crippen LogP contribution in [0.4, 0.5) is 0 Å². The molecule has 0 atom stereocenters. The van der Waals surface area contributed by atoms with Crippen molar-refractivity contribution in [3.63, 3.8) is 0 Å². The van der Waals surface area contributed by atoms with Gasteiger partial charge in [0, 0.05) is 17.0 Å². The van der Waals surface area contributed by atoms with Crippen molar-refractivity contribution in [2.24, 2.45) is 0 Å². The first-order valence-electron chi connectivity index (χ1n) is 9.38. The zero-order valence-corrected chi connectivity index (χ0v) is 17.2. The average molecular weight is 409 g/mol. The van der Waals surface area contributed by atoms with Gasteiger partial charge in [0.1, 0.15) is 5.75 Å². The van der Waals surface area contributed by atoms with Crippen LogP contribution in [0.15, 0.2) is 72.1 Å². The summed E-state index contributed by atoms with van der Waals surface area (Å²) in [6.07, 6.45) is 0.256. The maximum atomic E-state index is 12.9. The quantitative estimate of drug-likeness (QED) is 0.588. The van der Waals surface area contributed by atoms with Crippen molar-refractivity contribution in [1.29, 1.82) is 0 Å². The fourth-order valence-electron chi connectivity index (χ4n) is 2.99. The van der Waals surface area contributed by atoms with Gasteiger partial charge in [0.25, 0.3) is 0 Å². The number of nitrogens with one attached hydrogen (secondary N) is 1. The topological polar surface area (TPSA) is 58.6 Å². The summed E-state index contributed by atoms with van der Waals surface area (Å²) < 4.78 is 5.42. The molecule has 0 saturated carbocycles. The summed E-state index contributed by atoms with van der Waals surface area (Å²) in [5.41, 5.74) is 1.84. The van der Waals surface area contributed by atoms with Crippen LogP contribution >= 0.6 is 11.3 Å². The van der Waals surface area contributed by atoms with Crippen molar-refractivity contribution in [2.45, 2.75) is 19.5 Å². The molecule has 0 aliphatic carbocycles. The second-order valence-corrected chi connectivity index (χ2v) is 7.61. The van der Waals surface area contributed by atoms with E-state index in [2.05, 4.69) is 5.32 Å². The minimum absolute atomic E-state index is 0.0355. The number of methoxy groups -OCH3 is 1. The Morgan fingerprint density at radius 2 is 1.72 bits per heavy atom. The Kier molecular flexibility index (Phi) is 7.41. The number of hydrogen-bond acceptors (Lipinski definition) is 4. The van der Waals surface area contributed by atoms with Crippen LogP contribution < -0.4 is 10.1 Å². The van der Waals surface area contributed by atoms with E-state index >= 15 is 0 Å². The highest BCUT2D eigenvalue weighted by atomic mass is 32.1. The zero-order chi connectivity index (χ0) is 20.5. The lowest BCUT2D eigenvalue weighted by molar-refractivity contribution is -0.133. The highest BCUT2D eigenvalue weighted by molar-refractivity contribution is 7.09. The first kappa shape index (κ1) is 20.6. The number of hydrogen-bond donors (Lipinski definition) is 1. The Morgan fingerprint density at radius 1 is 0.966 bits per heavy atom. The standard InChI is InChI=1S/C23H24N2O3S/c1-28-21-12-6-5-10-19(21)16-25(17-20-11-7-13-29-20)23(27)15-24-22(26)14-18-8-3-2-4-9-18/h2-13H,14-17H2,1H3,(H,24,26). The first-order chi connectivity index (χ1) is 14.2. The number of carbonyl (C=O) groups excluding carboxylic acids is 2. The van der Waals surface area contributed by atoms with E-state index < -0.39 is 0 Å². The predicted octanol–water partition coefficient (Wildman–Crippen LogP) is 3.64. The van der Waals surface area contributed by atoms with Gasteiger partial charge in [0.2, 0.25) is 11.8 Å². The summed E-state index contributed by atoms with van der Waals surface area (Å²) in [6.45, 7) is 0.866. The van der Waals surface area contributed by atoms with Crippen molar-refractivity contribution in [2.75, 3.05) is 13.7 Å². The van der Waals surface area contributed by atoms with Crippen molar-refractivity contribution >= 4 is 23.2 Å². The molecule has 5 nitrogen and oxygen atoms in total. The van der Waals surface area contributed by atoms with Crippen LogP contribution in [0.25, 0.3) is 0 Å². The van der Waals surface area contributed by atoms with E-state index in [0.29, 0.717) is 13.1 Å². The van der Waals surface area contributed by atoms with Crippen molar-refractivity contribution in [3.05, 3.63) is 88.1 Å². The zero-order valence-electron chi connectivity index (χ0n) is 16.3. The maximum Gasteiger partial charge on any atom is 0.242 e. The van der Waals surface area contributed by atoms with Gasteiger partial charge in [-0.25, -0.2) is 0 Å². The molecule has 0 spiro atoms. The lowest BCUT2D eigenvalue weighted by atomic mass is 10.1. The molecule has 3 aromatic rings. The second kappa shape index (κ2) is 10.4. The molecule has 0 aliphatic rings. The van der Waals surface area contributed by atoms with Crippen LogP contribution in [0.3, 0.4) is 0 Å². The summed E-state index contributed by atoms with van der Waals surface area (Å²) in [7, 11) is 1.62. The number of thiophene rings is 1. The van der Waals surface area contributed by atoms with Crippen LogP contribution in [-0.4, -0.2) is 30.4 Å². The molecule has 6 heteroatoms. The second-order valence-electron chi connectivity index (χ2n) is 6.58. The molecule has 1 heterocycles. The molecule has 1 aromatic heterocycles. The largest absolute Gasteiger partial charge is 0.496 e. The molecule has 0 saturated heterocycles. The Bertz CT molecular complexity index is 926. The van der Waals surface area contributed by atoms with Gasteiger partial charge < -0.3 is 15.0 Å². The van der Waals surface area contributed by atoms with Gasteiger partial charge in [0.15, 0.2) is 0 Å². The molecule has 1 N–H and O–H groups in total. The summed E-state index contributed by atoms with van der Waals surface area (Å²) in [4.78, 5) is 28.0. The maximum absolute atomic E-state index is 12.9. The summed E-state index contributed by atoms with van der Waals surface area (Å²) in [5.74, 6) is 0.438. The van der Waals surface area contributed by atoms with E-state index in [1.165, 1.54) is 0 Å². The Morgan fingerprint density at radius 3 is 2.45 bits per heavy atom. The van der Waals surface area contributed by atoms with E-state index in [0.717, 1.165) is 21.8 Å². The van der Waals surface area contributed by atoms with Crippen molar-refractivity contribution in [3.8, 4) is 5.75 Å². The normalized spacial score (nSPS) is 10.4. The Hall–Kier alpha value is -3.12. The van der Waals surface area contributed by atoms with Crippen molar-refractivity contribution in [1.82, 2.24) is 10.2 Å². The van der Waals surface area contributed by atoms with Gasteiger partial charge in [-0.1, -0.05) is 54.6 Å². The van der Waals surface area contributed by atoms with Crippen LogP contribution in [0.2, 0.25) is 0 Å². The molecule has 150 valence electrons. The molecule has 3 rings (SSSR count). The van der Waals surface area contributed by atoms with E-state index in [1.807, 2.05) is 72.1 Å². The Labute approximate surface area is 174 Å². The fraction of sp³-hybridized carbons (Fsp3) is 0.217. The minimum Gasteiger partial charge on any atom is -0.496 e. The van der Waals surface area contributed by atoms with E-state index in [-0.39, 0.29) is 24.8 Å². The van der Waals surface area contributed by atoms with Crippen LogP contribution in [0, 0.1) is 0 Å². The fourth-order valence-corrected chi connectivity index (χ4v) is 3.71. The molecule has 0 aliphatic heterocycles. The number of carbonyl (C=O) groups is 2. The molecule has 0 bridgehead atoms. The summed E-state index contributed by atoms with van der Waals surface area (Å²) in [5, 5.41) is 4.74. The highest BCUT2D eigenvalue weighted by Gasteiger charge is 2.18. The average Bonchev–Trinajstić information content (AvgIpc) is 3.26. The van der Waals surface area contributed by atoms with E-state index in [4.69, 9.17) is 4.74 Å². The van der Waals surface area contributed by atoms with E-state index in [9.17, 15) is 9.59 Å². The molecular weight excluding hydrogens is 384 g/mol. The summed E-state index contributed by atoms with van der Waals surface area (Å²) in [6, 6.07) is 21.1. The molecule has 0 fully saturated rings. The van der Waals surface area contributed by atoms with Gasteiger partial charge in [-0.2, -0.15) is 0 Å². The monoisotopic (exact) mass is 408 g/mol. The third-order valence-electron chi connectivity index (χ3n) is 4.48. The minimum atomic E-state index is -0.169. The third kappa shape index (κ3) is 6.19. The number of nitrogens with zero attached hydrogens (tertiary/aromatic N) is 1. The van der Waals surface area contributed by atoms with E-state index in [1.54, 1.807) is 23.3 Å². The third-order valence-corrected chi connectivity index (χ3v) is 5.34. The highest BCUT2D eigenvalue weighted by Crippen LogP contribution is 2.21. The molecule has 2 aromatic carbocycles. The lowest BCUT2D eigenvalue weighted by Crippen LogP contribution is -2.40. The SMILES string of the molecule is COc1ccccc1CN(Cc1cccs1)C(=O)CNC(=O)Cc1ccccc1. The van der Waals surface area contributed by atoms with Gasteiger partial charge in [-0.3, -0.25) is 9.59 Å². The number of rotatable bonds is 9. The smallest absolute Gasteiger partial charge is 0.242 e. The van der Waals surface area contributed by atoms with Crippen LogP contribution in [0.5, 0.6) is 5.75 Å². The molecule has 29 heavy (non-hydrogen) atoms. The summed E-state index contributed by atoms with van der Waals surface area (Å²) >= 11 is 1.60. The van der Waals surface area contributed by atoms with Gasteiger partial charge in [-0.15, -0.1) is 11.3 Å². The van der Waals surface area contributed by atoms with Gasteiger partial charge in [0.05, 0.1) is 26.6 Å². The van der Waals surface area contributed by atoms with Crippen molar-refractivity contribution < 1.29 is 14.3 Å². The van der Waals surface area contributed by atoms with Gasteiger partial charge >= 0.3 is 0 Å². The number of ether oxygens (including phenoxy) is 1. The number of para-hydroxylation sites is 1. The molecule has 0 unspecified atom stereocenters. The first-order valence-corrected chi connectivity index (χ1v) is 10.3. The lowest BCUT2D eigenvalue weighted by Gasteiger charge is -2.23. The van der Waals surface area contributed by atoms with Crippen LogP contribution in [-0.2, 0) is 29.1 Å². The molecule has 0 radical (unpaired) electrons. The predicted molar refractivity (Wildman–Crippen MR) is 115 cm³/mol. The number of benzene rings is 2. The molecular formula is C23H24N2O3S. The van der Waals surface area contributed by atoms with Crippen LogP contribution in [0.1, 0.15) is 16.0 Å².